The van der Waals surface area contributed by atoms with Gasteiger partial charge in [0.2, 0.25) is 0 Å². The Kier molecular flexibility index (Phi) is 5.73. The molecule has 5 heteroatoms. The van der Waals surface area contributed by atoms with Gasteiger partial charge in [-0.1, -0.05) is 30.3 Å². The van der Waals surface area contributed by atoms with E-state index in [0.29, 0.717) is 0 Å². The van der Waals surface area contributed by atoms with Crippen LogP contribution in [0.2, 0.25) is 0 Å². The molecule has 0 saturated heterocycles. The summed E-state index contributed by atoms with van der Waals surface area (Å²) in [5.41, 5.74) is 9.40. The lowest BCUT2D eigenvalue weighted by atomic mass is 9.93. The normalized spacial score (nSPS) is 16.8. The van der Waals surface area contributed by atoms with Crippen molar-refractivity contribution in [1.82, 2.24) is 9.97 Å². The SMILES string of the molecule is Cl.Cl.NC1CCc2nc(-c3ccccc3)ncc2C1. The molecule has 1 aliphatic carbocycles. The first kappa shape index (κ1) is 15.9. The van der Waals surface area contributed by atoms with Gasteiger partial charge in [0.1, 0.15) is 0 Å². The van der Waals surface area contributed by atoms with Crippen LogP contribution in [0.3, 0.4) is 0 Å². The van der Waals surface area contributed by atoms with E-state index in [1.54, 1.807) is 0 Å². The molecule has 0 spiro atoms. The molecule has 2 N–H and O–H groups in total. The Morgan fingerprint density at radius 2 is 1.84 bits per heavy atom. The molecule has 1 aliphatic rings. The summed E-state index contributed by atoms with van der Waals surface area (Å²) in [6, 6.07) is 10.4. The molecule has 102 valence electrons. The first-order chi connectivity index (χ1) is 8.33. The number of hydrogen-bond acceptors (Lipinski definition) is 3. The van der Waals surface area contributed by atoms with Crippen LogP contribution in [0.25, 0.3) is 11.4 Å². The molecule has 0 saturated carbocycles. The number of benzene rings is 1. The second kappa shape index (κ2) is 6.85. The molecule has 3 nitrogen and oxygen atoms in total. The Morgan fingerprint density at radius 1 is 1.11 bits per heavy atom. The van der Waals surface area contributed by atoms with Crippen LogP contribution >= 0.6 is 24.8 Å². The molecule has 3 rings (SSSR count). The fourth-order valence-corrected chi connectivity index (χ4v) is 2.26. The molecule has 0 amide bonds. The van der Waals surface area contributed by atoms with Crippen LogP contribution in [0, 0.1) is 0 Å². The molecular weight excluding hydrogens is 281 g/mol. The fourth-order valence-electron chi connectivity index (χ4n) is 2.26. The Balaban J connectivity index is 0.000000902. The van der Waals surface area contributed by atoms with E-state index < -0.39 is 0 Å². The maximum atomic E-state index is 5.94. The van der Waals surface area contributed by atoms with Gasteiger partial charge < -0.3 is 5.73 Å². The number of aryl methyl sites for hydroxylation is 1. The van der Waals surface area contributed by atoms with E-state index >= 15 is 0 Å². The largest absolute Gasteiger partial charge is 0.327 e. The van der Waals surface area contributed by atoms with E-state index in [9.17, 15) is 0 Å². The van der Waals surface area contributed by atoms with Crippen LogP contribution in [0.1, 0.15) is 17.7 Å². The van der Waals surface area contributed by atoms with E-state index in [0.717, 1.165) is 30.7 Å². The molecule has 19 heavy (non-hydrogen) atoms. The van der Waals surface area contributed by atoms with Crippen molar-refractivity contribution < 1.29 is 0 Å². The van der Waals surface area contributed by atoms with E-state index in [-0.39, 0.29) is 30.9 Å². The van der Waals surface area contributed by atoms with Gasteiger partial charge in [-0.15, -0.1) is 24.8 Å². The summed E-state index contributed by atoms with van der Waals surface area (Å²) in [7, 11) is 0. The van der Waals surface area contributed by atoms with Crippen LogP contribution in [-0.2, 0) is 12.8 Å². The van der Waals surface area contributed by atoms with Crippen LogP contribution in [-0.4, -0.2) is 16.0 Å². The predicted octanol–water partition coefficient (Wildman–Crippen LogP) is 2.80. The molecule has 1 unspecified atom stereocenters. The van der Waals surface area contributed by atoms with Gasteiger partial charge in [-0.05, 0) is 24.8 Å². The average Bonchev–Trinajstić information content (AvgIpc) is 2.39. The number of hydrogen-bond donors (Lipinski definition) is 1. The minimum Gasteiger partial charge on any atom is -0.327 e. The lowest BCUT2D eigenvalue weighted by Gasteiger charge is -2.20. The van der Waals surface area contributed by atoms with Crippen LogP contribution in [0.5, 0.6) is 0 Å². The van der Waals surface area contributed by atoms with Crippen molar-refractivity contribution in [3.05, 3.63) is 47.8 Å². The van der Waals surface area contributed by atoms with E-state index in [4.69, 9.17) is 5.73 Å². The molecule has 1 aromatic carbocycles. The van der Waals surface area contributed by atoms with Crippen molar-refractivity contribution >= 4 is 24.8 Å². The topological polar surface area (TPSA) is 51.8 Å². The van der Waals surface area contributed by atoms with Gasteiger partial charge in [-0.2, -0.15) is 0 Å². The van der Waals surface area contributed by atoms with E-state index in [1.807, 2.05) is 36.5 Å². The highest BCUT2D eigenvalue weighted by Crippen LogP contribution is 2.21. The summed E-state index contributed by atoms with van der Waals surface area (Å²) in [6.07, 6.45) is 4.84. The molecule has 1 heterocycles. The number of nitrogens with two attached hydrogens (primary N) is 1. The van der Waals surface area contributed by atoms with Crippen LogP contribution in [0.4, 0.5) is 0 Å². The van der Waals surface area contributed by atoms with E-state index in [2.05, 4.69) is 9.97 Å². The molecular formula is C14H17Cl2N3. The van der Waals surface area contributed by atoms with Crippen molar-refractivity contribution in [1.29, 1.82) is 0 Å². The number of halogens is 2. The maximum Gasteiger partial charge on any atom is 0.159 e. The zero-order valence-corrected chi connectivity index (χ0v) is 12.1. The summed E-state index contributed by atoms with van der Waals surface area (Å²) in [6.45, 7) is 0. The highest BCUT2D eigenvalue weighted by Gasteiger charge is 2.17. The second-order valence-electron chi connectivity index (χ2n) is 4.53. The molecule has 0 radical (unpaired) electrons. The third-order valence-corrected chi connectivity index (χ3v) is 3.22. The van der Waals surface area contributed by atoms with Gasteiger partial charge in [0.25, 0.3) is 0 Å². The zero-order valence-electron chi connectivity index (χ0n) is 10.5. The number of aromatic nitrogens is 2. The third-order valence-electron chi connectivity index (χ3n) is 3.22. The Morgan fingerprint density at radius 3 is 2.58 bits per heavy atom. The first-order valence-electron chi connectivity index (χ1n) is 5.99. The Hall–Kier alpha value is -1.16. The molecule has 2 aromatic rings. The monoisotopic (exact) mass is 297 g/mol. The Labute approximate surface area is 125 Å². The van der Waals surface area contributed by atoms with Gasteiger partial charge in [0.05, 0.1) is 0 Å². The Bertz CT molecular complexity index is 531. The highest BCUT2D eigenvalue weighted by molar-refractivity contribution is 5.85. The summed E-state index contributed by atoms with van der Waals surface area (Å²) in [5.74, 6) is 0.819. The third kappa shape index (κ3) is 3.44. The molecule has 0 aliphatic heterocycles. The smallest absolute Gasteiger partial charge is 0.159 e. The van der Waals surface area contributed by atoms with Crippen LogP contribution < -0.4 is 5.73 Å². The number of rotatable bonds is 1. The van der Waals surface area contributed by atoms with Crippen molar-refractivity contribution in [3.8, 4) is 11.4 Å². The van der Waals surface area contributed by atoms with Crippen molar-refractivity contribution in [2.45, 2.75) is 25.3 Å². The van der Waals surface area contributed by atoms with Crippen molar-refractivity contribution in [2.24, 2.45) is 5.73 Å². The van der Waals surface area contributed by atoms with Crippen molar-refractivity contribution in [3.63, 3.8) is 0 Å². The summed E-state index contributed by atoms with van der Waals surface area (Å²) in [5, 5.41) is 0. The molecule has 0 fully saturated rings. The maximum absolute atomic E-state index is 5.94. The molecule has 1 aromatic heterocycles. The average molecular weight is 298 g/mol. The standard InChI is InChI=1S/C14H15N3.2ClH/c15-12-6-7-13-11(8-12)9-16-14(17-13)10-4-2-1-3-5-10;;/h1-5,9,12H,6-8,15H2;2*1H. The number of nitrogens with zero attached hydrogens (tertiary/aromatic N) is 2. The van der Waals surface area contributed by atoms with Gasteiger partial charge >= 0.3 is 0 Å². The summed E-state index contributed by atoms with van der Waals surface area (Å²) >= 11 is 0. The van der Waals surface area contributed by atoms with Gasteiger partial charge in [-0.25, -0.2) is 9.97 Å². The predicted molar refractivity (Wildman–Crippen MR) is 82.0 cm³/mol. The highest BCUT2D eigenvalue weighted by atomic mass is 35.5. The minimum atomic E-state index is 0. The lowest BCUT2D eigenvalue weighted by Crippen LogP contribution is -2.28. The van der Waals surface area contributed by atoms with Gasteiger partial charge in [0.15, 0.2) is 5.82 Å². The second-order valence-corrected chi connectivity index (χ2v) is 4.53. The van der Waals surface area contributed by atoms with Gasteiger partial charge in [-0.3, -0.25) is 0 Å². The zero-order chi connectivity index (χ0) is 11.7. The molecule has 0 bridgehead atoms. The molecule has 1 atom stereocenters. The fraction of sp³-hybridized carbons (Fsp3) is 0.286. The lowest BCUT2D eigenvalue weighted by molar-refractivity contribution is 0.564. The quantitative estimate of drug-likeness (QED) is 0.880. The van der Waals surface area contributed by atoms with Crippen LogP contribution in [0.15, 0.2) is 36.5 Å². The van der Waals surface area contributed by atoms with E-state index in [1.165, 1.54) is 11.3 Å². The first-order valence-corrected chi connectivity index (χ1v) is 5.99. The summed E-state index contributed by atoms with van der Waals surface area (Å²) < 4.78 is 0. The number of fused-ring (bicyclic) bond motifs is 1. The van der Waals surface area contributed by atoms with Crippen molar-refractivity contribution in [2.75, 3.05) is 0 Å². The minimum absolute atomic E-state index is 0. The summed E-state index contributed by atoms with van der Waals surface area (Å²) in [4.78, 5) is 9.08. The van der Waals surface area contributed by atoms with Gasteiger partial charge in [0, 0.05) is 23.5 Å².